The molecule has 1 heterocycles. The summed E-state index contributed by atoms with van der Waals surface area (Å²) in [6.07, 6.45) is 5.29. The predicted molar refractivity (Wildman–Crippen MR) is 80.3 cm³/mol. The van der Waals surface area contributed by atoms with Crippen molar-refractivity contribution >= 4 is 5.91 Å². The van der Waals surface area contributed by atoms with E-state index in [1.165, 1.54) is 42.4 Å². The van der Waals surface area contributed by atoms with Gasteiger partial charge in [0, 0.05) is 6.54 Å². The molecular weight excluding hydrogens is 248 g/mol. The Bertz CT molecular complexity index is 506. The van der Waals surface area contributed by atoms with Crippen molar-refractivity contribution in [3.63, 3.8) is 0 Å². The molecule has 2 fully saturated rings. The Hall–Kier alpha value is -1.35. The maximum Gasteiger partial charge on any atom is 0.238 e. The molecule has 1 atom stereocenters. The van der Waals surface area contributed by atoms with Gasteiger partial charge < -0.3 is 4.90 Å². The summed E-state index contributed by atoms with van der Waals surface area (Å²) in [5, 5.41) is 3.38. The van der Waals surface area contributed by atoms with Crippen LogP contribution in [0.3, 0.4) is 0 Å². The lowest BCUT2D eigenvalue weighted by atomic mass is 10.0. The Labute approximate surface area is 121 Å². The van der Waals surface area contributed by atoms with Gasteiger partial charge in [-0.3, -0.25) is 10.1 Å². The molecule has 1 aromatic rings. The zero-order valence-electron chi connectivity index (χ0n) is 12.5. The van der Waals surface area contributed by atoms with Crippen LogP contribution >= 0.6 is 0 Å². The van der Waals surface area contributed by atoms with Crippen LogP contribution in [0.5, 0.6) is 0 Å². The van der Waals surface area contributed by atoms with Crippen LogP contribution in [-0.4, -0.2) is 23.9 Å². The minimum Gasteiger partial charge on any atom is -0.322 e. The molecule has 0 bridgehead atoms. The number of carbonyl (C=O) groups is 1. The van der Waals surface area contributed by atoms with Crippen LogP contribution in [0.25, 0.3) is 0 Å². The standard InChI is InChI=1S/C17H24N2O/c1-12-7-8-15(13(2)9-12)17-18-10-16(20)19(17)11-14-5-3-4-6-14/h7-9,14,17-18H,3-6,10-11H2,1-2H3. The molecule has 1 unspecified atom stereocenters. The highest BCUT2D eigenvalue weighted by molar-refractivity contribution is 5.81. The van der Waals surface area contributed by atoms with E-state index in [9.17, 15) is 4.79 Å². The average Bonchev–Trinajstić information content (AvgIpc) is 3.03. The van der Waals surface area contributed by atoms with Gasteiger partial charge in [0.25, 0.3) is 0 Å². The van der Waals surface area contributed by atoms with Gasteiger partial charge in [-0.15, -0.1) is 0 Å². The number of nitrogens with one attached hydrogen (secondary N) is 1. The second-order valence-corrected chi connectivity index (χ2v) is 6.34. The van der Waals surface area contributed by atoms with Crippen LogP contribution in [-0.2, 0) is 4.79 Å². The fraction of sp³-hybridized carbons (Fsp3) is 0.588. The van der Waals surface area contributed by atoms with E-state index in [4.69, 9.17) is 0 Å². The summed E-state index contributed by atoms with van der Waals surface area (Å²) in [5.74, 6) is 0.953. The Kier molecular flexibility index (Phi) is 3.79. The lowest BCUT2D eigenvalue weighted by Crippen LogP contribution is -2.34. The largest absolute Gasteiger partial charge is 0.322 e. The molecule has 0 spiro atoms. The lowest BCUT2D eigenvalue weighted by Gasteiger charge is -2.28. The molecule has 3 rings (SSSR count). The van der Waals surface area contributed by atoms with E-state index in [1.54, 1.807) is 0 Å². The topological polar surface area (TPSA) is 32.3 Å². The molecule has 108 valence electrons. The lowest BCUT2D eigenvalue weighted by molar-refractivity contribution is -0.128. The van der Waals surface area contributed by atoms with Crippen LogP contribution in [0, 0.1) is 19.8 Å². The number of rotatable bonds is 3. The van der Waals surface area contributed by atoms with Gasteiger partial charge in [-0.2, -0.15) is 0 Å². The third-order valence-corrected chi connectivity index (χ3v) is 4.73. The Morgan fingerprint density at radius 2 is 2.00 bits per heavy atom. The highest BCUT2D eigenvalue weighted by atomic mass is 16.2. The third kappa shape index (κ3) is 2.59. The molecule has 1 amide bonds. The quantitative estimate of drug-likeness (QED) is 0.917. The van der Waals surface area contributed by atoms with Crippen molar-refractivity contribution in [2.75, 3.05) is 13.1 Å². The second-order valence-electron chi connectivity index (χ2n) is 6.34. The van der Waals surface area contributed by atoms with Crippen molar-refractivity contribution in [3.8, 4) is 0 Å². The molecule has 20 heavy (non-hydrogen) atoms. The summed E-state index contributed by atoms with van der Waals surface area (Å²) in [6, 6.07) is 6.51. The van der Waals surface area contributed by atoms with Crippen LogP contribution < -0.4 is 5.32 Å². The van der Waals surface area contributed by atoms with Crippen molar-refractivity contribution in [1.82, 2.24) is 10.2 Å². The van der Waals surface area contributed by atoms with Gasteiger partial charge in [-0.05, 0) is 43.7 Å². The molecule has 1 aliphatic heterocycles. The Balaban J connectivity index is 1.81. The molecule has 0 aromatic heterocycles. The number of aryl methyl sites for hydroxylation is 2. The maximum atomic E-state index is 12.2. The summed E-state index contributed by atoms with van der Waals surface area (Å²) in [6.45, 7) is 5.65. The minimum absolute atomic E-state index is 0.0729. The first-order chi connectivity index (χ1) is 9.65. The zero-order valence-corrected chi connectivity index (χ0v) is 12.5. The number of hydrogen-bond donors (Lipinski definition) is 1. The van der Waals surface area contributed by atoms with Gasteiger partial charge in [-0.25, -0.2) is 0 Å². The predicted octanol–water partition coefficient (Wildman–Crippen LogP) is 2.92. The van der Waals surface area contributed by atoms with Crippen LogP contribution in [0.2, 0.25) is 0 Å². The van der Waals surface area contributed by atoms with Crippen molar-refractivity contribution < 1.29 is 4.79 Å². The highest BCUT2D eigenvalue weighted by Gasteiger charge is 2.34. The first-order valence-electron chi connectivity index (χ1n) is 7.75. The van der Waals surface area contributed by atoms with Gasteiger partial charge in [0.05, 0.1) is 6.54 Å². The molecule has 2 aliphatic rings. The van der Waals surface area contributed by atoms with Gasteiger partial charge in [0.1, 0.15) is 6.17 Å². The summed E-state index contributed by atoms with van der Waals surface area (Å²) >= 11 is 0. The molecule has 1 aliphatic carbocycles. The van der Waals surface area contributed by atoms with Gasteiger partial charge in [0.2, 0.25) is 5.91 Å². The molecule has 3 nitrogen and oxygen atoms in total. The zero-order chi connectivity index (χ0) is 14.1. The van der Waals surface area contributed by atoms with Crippen LogP contribution in [0.4, 0.5) is 0 Å². The van der Waals surface area contributed by atoms with Gasteiger partial charge in [-0.1, -0.05) is 36.6 Å². The molecule has 0 radical (unpaired) electrons. The minimum atomic E-state index is 0.0729. The monoisotopic (exact) mass is 272 g/mol. The number of carbonyl (C=O) groups excluding carboxylic acids is 1. The second kappa shape index (κ2) is 5.57. The SMILES string of the molecule is Cc1ccc(C2NCC(=O)N2CC2CCCC2)c(C)c1. The normalized spacial score (nSPS) is 23.8. The number of benzene rings is 1. The van der Waals surface area contributed by atoms with Crippen molar-refractivity contribution in [2.24, 2.45) is 5.92 Å². The fourth-order valence-corrected chi connectivity index (χ4v) is 3.63. The summed E-state index contributed by atoms with van der Waals surface area (Å²) in [5.41, 5.74) is 3.80. The molecule has 3 heteroatoms. The summed E-state index contributed by atoms with van der Waals surface area (Å²) in [7, 11) is 0. The average molecular weight is 272 g/mol. The molecule has 1 aromatic carbocycles. The van der Waals surface area contributed by atoms with E-state index in [0.29, 0.717) is 12.5 Å². The van der Waals surface area contributed by atoms with E-state index in [1.807, 2.05) is 0 Å². The van der Waals surface area contributed by atoms with E-state index < -0.39 is 0 Å². The van der Waals surface area contributed by atoms with Gasteiger partial charge in [0.15, 0.2) is 0 Å². The number of hydrogen-bond acceptors (Lipinski definition) is 2. The highest BCUT2D eigenvalue weighted by Crippen LogP contribution is 2.31. The number of nitrogens with zero attached hydrogens (tertiary/aromatic N) is 1. The Morgan fingerprint density at radius 3 is 2.70 bits per heavy atom. The van der Waals surface area contributed by atoms with Crippen molar-refractivity contribution in [1.29, 1.82) is 0 Å². The number of amides is 1. The molecule has 1 saturated carbocycles. The first-order valence-corrected chi connectivity index (χ1v) is 7.75. The summed E-state index contributed by atoms with van der Waals surface area (Å²) in [4.78, 5) is 14.3. The van der Waals surface area contributed by atoms with E-state index >= 15 is 0 Å². The van der Waals surface area contributed by atoms with Crippen LogP contribution in [0.1, 0.15) is 48.5 Å². The van der Waals surface area contributed by atoms with Gasteiger partial charge >= 0.3 is 0 Å². The Morgan fingerprint density at radius 1 is 1.25 bits per heavy atom. The van der Waals surface area contributed by atoms with E-state index in [-0.39, 0.29) is 12.1 Å². The fourth-order valence-electron chi connectivity index (χ4n) is 3.63. The molecule has 1 saturated heterocycles. The smallest absolute Gasteiger partial charge is 0.238 e. The third-order valence-electron chi connectivity index (χ3n) is 4.73. The van der Waals surface area contributed by atoms with E-state index in [2.05, 4.69) is 42.3 Å². The molecule has 1 N–H and O–H groups in total. The molecular formula is C17H24N2O. The van der Waals surface area contributed by atoms with Crippen LogP contribution in [0.15, 0.2) is 18.2 Å². The first kappa shape index (κ1) is 13.6. The summed E-state index contributed by atoms with van der Waals surface area (Å²) < 4.78 is 0. The van der Waals surface area contributed by atoms with Crippen molar-refractivity contribution in [2.45, 2.75) is 45.7 Å². The van der Waals surface area contributed by atoms with Crippen molar-refractivity contribution in [3.05, 3.63) is 34.9 Å². The maximum absolute atomic E-state index is 12.2. The van der Waals surface area contributed by atoms with E-state index in [0.717, 1.165) is 6.54 Å².